The standard InChI is InChI=1S/C20H35N3O4/c1-20(2,3)27-19(25)22-14-17(15-22)23(13-16-8-11-26-12-9-16)18(24)7-6-10-21(4)5/h6-7,16-17H,8-15H2,1-5H3/b7-6+. The first-order valence-corrected chi connectivity index (χ1v) is 9.83. The molecule has 0 N–H and O–H groups in total. The van der Waals surface area contributed by atoms with Crippen molar-refractivity contribution in [2.75, 3.05) is 53.5 Å². The zero-order valence-corrected chi connectivity index (χ0v) is 17.4. The van der Waals surface area contributed by atoms with E-state index in [-0.39, 0.29) is 18.0 Å². The zero-order valence-electron chi connectivity index (χ0n) is 17.4. The number of likely N-dealkylation sites (tertiary alicyclic amines) is 1. The summed E-state index contributed by atoms with van der Waals surface area (Å²) in [6.45, 7) is 9.62. The van der Waals surface area contributed by atoms with Gasteiger partial charge in [0, 0.05) is 45.5 Å². The molecule has 2 saturated heterocycles. The van der Waals surface area contributed by atoms with Gasteiger partial charge >= 0.3 is 6.09 Å². The maximum atomic E-state index is 12.8. The lowest BCUT2D eigenvalue weighted by molar-refractivity contribution is -0.133. The summed E-state index contributed by atoms with van der Waals surface area (Å²) in [5.74, 6) is 0.484. The second-order valence-corrected chi connectivity index (χ2v) is 8.75. The zero-order chi connectivity index (χ0) is 20.0. The van der Waals surface area contributed by atoms with Crippen molar-refractivity contribution in [2.45, 2.75) is 45.3 Å². The molecule has 0 saturated carbocycles. The van der Waals surface area contributed by atoms with E-state index in [1.54, 1.807) is 11.0 Å². The lowest BCUT2D eigenvalue weighted by atomic mass is 9.97. The van der Waals surface area contributed by atoms with Crippen molar-refractivity contribution < 1.29 is 19.1 Å². The van der Waals surface area contributed by atoms with Crippen molar-refractivity contribution >= 4 is 12.0 Å². The summed E-state index contributed by atoms with van der Waals surface area (Å²) in [6, 6.07) is 0.0527. The predicted molar refractivity (Wildman–Crippen MR) is 105 cm³/mol. The monoisotopic (exact) mass is 381 g/mol. The van der Waals surface area contributed by atoms with Gasteiger partial charge in [-0.05, 0) is 53.6 Å². The van der Waals surface area contributed by atoms with Gasteiger partial charge in [0.25, 0.3) is 0 Å². The van der Waals surface area contributed by atoms with Crippen molar-refractivity contribution in [3.8, 4) is 0 Å². The Morgan fingerprint density at radius 3 is 2.37 bits per heavy atom. The molecule has 27 heavy (non-hydrogen) atoms. The average molecular weight is 382 g/mol. The Labute approximate surface area is 163 Å². The van der Waals surface area contributed by atoms with E-state index in [1.165, 1.54) is 0 Å². The highest BCUT2D eigenvalue weighted by Crippen LogP contribution is 2.23. The van der Waals surface area contributed by atoms with Gasteiger partial charge in [0.15, 0.2) is 0 Å². The molecule has 2 aliphatic rings. The number of likely N-dealkylation sites (N-methyl/N-ethyl adjacent to an activating group) is 1. The van der Waals surface area contributed by atoms with Gasteiger partial charge in [-0.15, -0.1) is 0 Å². The van der Waals surface area contributed by atoms with Crippen LogP contribution in [0.2, 0.25) is 0 Å². The number of ether oxygens (including phenoxy) is 2. The molecule has 0 bridgehead atoms. The molecule has 2 rings (SSSR count). The number of carbonyl (C=O) groups excluding carboxylic acids is 2. The Hall–Kier alpha value is -1.60. The van der Waals surface area contributed by atoms with Gasteiger partial charge in [-0.1, -0.05) is 6.08 Å². The van der Waals surface area contributed by atoms with Crippen LogP contribution < -0.4 is 0 Å². The first-order chi connectivity index (χ1) is 12.7. The van der Waals surface area contributed by atoms with Gasteiger partial charge in [0.2, 0.25) is 5.91 Å². The van der Waals surface area contributed by atoms with E-state index in [0.29, 0.717) is 19.0 Å². The van der Waals surface area contributed by atoms with Gasteiger partial charge in [-0.25, -0.2) is 4.79 Å². The van der Waals surface area contributed by atoms with E-state index in [9.17, 15) is 9.59 Å². The molecule has 0 radical (unpaired) electrons. The number of carbonyl (C=O) groups is 2. The fraction of sp³-hybridized carbons (Fsp3) is 0.800. The summed E-state index contributed by atoms with van der Waals surface area (Å²) in [6.07, 6.45) is 5.21. The molecule has 7 nitrogen and oxygen atoms in total. The third-order valence-electron chi connectivity index (χ3n) is 4.76. The molecule has 0 aliphatic carbocycles. The fourth-order valence-corrected chi connectivity index (χ4v) is 3.21. The minimum absolute atomic E-state index is 0.0252. The number of hydrogen-bond acceptors (Lipinski definition) is 5. The highest BCUT2D eigenvalue weighted by Gasteiger charge is 2.39. The molecule has 2 aliphatic heterocycles. The van der Waals surface area contributed by atoms with Crippen LogP contribution >= 0.6 is 0 Å². The van der Waals surface area contributed by atoms with E-state index in [0.717, 1.165) is 39.1 Å². The first-order valence-electron chi connectivity index (χ1n) is 9.83. The van der Waals surface area contributed by atoms with Gasteiger partial charge in [-0.2, -0.15) is 0 Å². The van der Waals surface area contributed by atoms with E-state index >= 15 is 0 Å². The fourth-order valence-electron chi connectivity index (χ4n) is 3.21. The highest BCUT2D eigenvalue weighted by molar-refractivity contribution is 5.88. The van der Waals surface area contributed by atoms with Crippen LogP contribution in [0.1, 0.15) is 33.6 Å². The smallest absolute Gasteiger partial charge is 0.410 e. The molecule has 0 spiro atoms. The molecule has 0 aromatic carbocycles. The second-order valence-electron chi connectivity index (χ2n) is 8.75. The largest absolute Gasteiger partial charge is 0.444 e. The lowest BCUT2D eigenvalue weighted by Gasteiger charge is -2.46. The van der Waals surface area contributed by atoms with Crippen LogP contribution in [0.15, 0.2) is 12.2 Å². The summed E-state index contributed by atoms with van der Waals surface area (Å²) in [7, 11) is 3.94. The SMILES string of the molecule is CN(C)C/C=C/C(=O)N(CC1CCOCC1)C1CN(C(=O)OC(C)(C)C)C1. The molecule has 154 valence electrons. The minimum atomic E-state index is -0.505. The van der Waals surface area contributed by atoms with Crippen molar-refractivity contribution in [3.63, 3.8) is 0 Å². The van der Waals surface area contributed by atoms with Crippen LogP contribution in [-0.2, 0) is 14.3 Å². The summed E-state index contributed by atoms with van der Waals surface area (Å²) < 4.78 is 10.9. The van der Waals surface area contributed by atoms with Gasteiger partial charge in [0.1, 0.15) is 5.60 Å². The quantitative estimate of drug-likeness (QED) is 0.659. The number of hydrogen-bond donors (Lipinski definition) is 0. The third kappa shape index (κ3) is 7.14. The Bertz CT molecular complexity index is 530. The number of rotatable bonds is 6. The van der Waals surface area contributed by atoms with Gasteiger partial charge in [-0.3, -0.25) is 4.79 Å². The Balaban J connectivity index is 1.95. The predicted octanol–water partition coefficient (Wildman–Crippen LogP) is 1.98. The van der Waals surface area contributed by atoms with Crippen molar-refractivity contribution in [3.05, 3.63) is 12.2 Å². The molecule has 0 aromatic heterocycles. The van der Waals surface area contributed by atoms with E-state index in [2.05, 4.69) is 0 Å². The Morgan fingerprint density at radius 1 is 1.19 bits per heavy atom. The maximum Gasteiger partial charge on any atom is 0.410 e. The van der Waals surface area contributed by atoms with Crippen LogP contribution in [0.3, 0.4) is 0 Å². The Morgan fingerprint density at radius 2 is 1.81 bits per heavy atom. The molecule has 0 unspecified atom stereocenters. The molecule has 2 fully saturated rings. The topological polar surface area (TPSA) is 62.3 Å². The van der Waals surface area contributed by atoms with Crippen LogP contribution in [0.5, 0.6) is 0 Å². The lowest BCUT2D eigenvalue weighted by Crippen LogP contribution is -2.63. The molecule has 7 heteroatoms. The van der Waals surface area contributed by atoms with Crippen LogP contribution in [0, 0.1) is 5.92 Å². The highest BCUT2D eigenvalue weighted by atomic mass is 16.6. The molecular weight excluding hydrogens is 346 g/mol. The number of amides is 2. The summed E-state index contributed by atoms with van der Waals surface area (Å²) in [5, 5.41) is 0. The second kappa shape index (κ2) is 9.55. The van der Waals surface area contributed by atoms with Crippen LogP contribution in [0.4, 0.5) is 4.79 Å². The Kier molecular flexibility index (Phi) is 7.68. The average Bonchev–Trinajstić information content (AvgIpc) is 2.51. The summed E-state index contributed by atoms with van der Waals surface area (Å²) in [5.41, 5.74) is -0.505. The normalized spacial score (nSPS) is 19.4. The third-order valence-corrected chi connectivity index (χ3v) is 4.76. The van der Waals surface area contributed by atoms with Gasteiger partial charge < -0.3 is 24.2 Å². The molecular formula is C20H35N3O4. The van der Waals surface area contributed by atoms with Crippen molar-refractivity contribution in [2.24, 2.45) is 5.92 Å². The summed E-state index contributed by atoms with van der Waals surface area (Å²) >= 11 is 0. The van der Waals surface area contributed by atoms with E-state index < -0.39 is 5.60 Å². The van der Waals surface area contributed by atoms with Crippen molar-refractivity contribution in [1.82, 2.24) is 14.7 Å². The number of nitrogens with zero attached hydrogens (tertiary/aromatic N) is 3. The van der Waals surface area contributed by atoms with E-state index in [1.807, 2.05) is 50.7 Å². The first kappa shape index (κ1) is 21.7. The van der Waals surface area contributed by atoms with Crippen LogP contribution in [0.25, 0.3) is 0 Å². The molecule has 0 aromatic rings. The minimum Gasteiger partial charge on any atom is -0.444 e. The summed E-state index contributed by atoms with van der Waals surface area (Å²) in [4.78, 5) is 30.6. The molecule has 2 heterocycles. The molecule has 0 atom stereocenters. The van der Waals surface area contributed by atoms with Crippen molar-refractivity contribution in [1.29, 1.82) is 0 Å². The van der Waals surface area contributed by atoms with Crippen LogP contribution in [-0.4, -0.2) is 91.8 Å². The maximum absolute atomic E-state index is 12.8. The van der Waals surface area contributed by atoms with Gasteiger partial charge in [0.05, 0.1) is 6.04 Å². The van der Waals surface area contributed by atoms with E-state index in [4.69, 9.17) is 9.47 Å². The molecule has 2 amide bonds.